The number of hydrogen-bond acceptors (Lipinski definition) is 11. The Morgan fingerprint density at radius 3 is 2.27 bits per heavy atom. The number of nitrogens with two attached hydrogens (primary N) is 1. The molecule has 14 nitrogen and oxygen atoms in total. The first-order valence-corrected chi connectivity index (χ1v) is 19.1. The van der Waals surface area contributed by atoms with Crippen molar-refractivity contribution in [2.75, 3.05) is 53.3 Å². The van der Waals surface area contributed by atoms with Crippen LogP contribution in [0.1, 0.15) is 37.8 Å². The molecule has 0 aliphatic heterocycles. The fourth-order valence-corrected chi connectivity index (χ4v) is 6.55. The lowest BCUT2D eigenvalue weighted by atomic mass is 10.1. The molecule has 288 valence electrons. The second kappa shape index (κ2) is 20.7. The van der Waals surface area contributed by atoms with Gasteiger partial charge in [-0.15, -0.1) is 0 Å². The van der Waals surface area contributed by atoms with Gasteiger partial charge in [0.1, 0.15) is 17.5 Å². The number of ether oxygens (including phenoxy) is 1. The smallest absolute Gasteiger partial charge is 0.270 e. The van der Waals surface area contributed by atoms with Gasteiger partial charge in [0.05, 0.1) is 30.5 Å². The Kier molecular flexibility index (Phi) is 15.3. The number of aromatic amines is 1. The summed E-state index contributed by atoms with van der Waals surface area (Å²) in [5, 5.41) is 11.4. The third-order valence-corrected chi connectivity index (χ3v) is 9.48. The number of amides is 3. The normalized spacial score (nSPS) is 11.6. The highest BCUT2D eigenvalue weighted by Gasteiger charge is 2.24. The number of aromatic nitrogens is 4. The van der Waals surface area contributed by atoms with E-state index in [0.717, 1.165) is 40.6 Å². The van der Waals surface area contributed by atoms with Gasteiger partial charge in [0.2, 0.25) is 5.91 Å². The van der Waals surface area contributed by atoms with Crippen molar-refractivity contribution in [2.45, 2.75) is 24.8 Å². The summed E-state index contributed by atoms with van der Waals surface area (Å²) in [6.45, 7) is 1.94. The van der Waals surface area contributed by atoms with E-state index in [9.17, 15) is 14.4 Å². The number of pyridine rings is 2. The second-order valence-corrected chi connectivity index (χ2v) is 14.0. The van der Waals surface area contributed by atoms with Crippen LogP contribution < -0.4 is 31.7 Å². The molecule has 5 rings (SSSR count). The summed E-state index contributed by atoms with van der Waals surface area (Å²) < 4.78 is 5.33. The van der Waals surface area contributed by atoms with Gasteiger partial charge in [0.25, 0.3) is 11.8 Å². The molecule has 1 atom stereocenters. The molecule has 0 spiro atoms. The van der Waals surface area contributed by atoms with E-state index in [-0.39, 0.29) is 37.8 Å². The molecule has 15 heteroatoms. The van der Waals surface area contributed by atoms with E-state index in [0.29, 0.717) is 29.2 Å². The van der Waals surface area contributed by atoms with Gasteiger partial charge in [-0.3, -0.25) is 19.7 Å². The molecular weight excluding hydrogens is 717 g/mol. The standard InChI is InChI=1S/C40H48N10O4S/c1-50(2)17-18-55-24-27-7-9-28(10-8-27)34-5-4-6-35(48-34)29-11-13-30(14-12-29)38(51)44-15-16-45-39(52)36(20-31-22-43-26-46-31)49-40(53)37-21-33(54-3)19-32(47-37)23-42-25-41/h4-14,19,21-22,26,36,42H,15-18,20,23-25,41H2,1-3H3,(H,43,46)(H,44,51)(H,45,52)(H,49,53). The van der Waals surface area contributed by atoms with E-state index < -0.39 is 17.9 Å². The van der Waals surface area contributed by atoms with Crippen molar-refractivity contribution in [2.24, 2.45) is 5.73 Å². The summed E-state index contributed by atoms with van der Waals surface area (Å²) in [6, 6.07) is 23.9. The topological polar surface area (TPSA) is 192 Å². The number of thioether (sulfide) groups is 1. The van der Waals surface area contributed by atoms with Gasteiger partial charge in [0, 0.05) is 91.5 Å². The minimum Gasteiger partial charge on any atom is -0.497 e. The van der Waals surface area contributed by atoms with E-state index >= 15 is 0 Å². The lowest BCUT2D eigenvalue weighted by Crippen LogP contribution is -2.49. The molecular formula is C40H48N10O4S. The first-order valence-electron chi connectivity index (χ1n) is 17.9. The molecule has 0 radical (unpaired) electrons. The molecule has 3 heterocycles. The molecule has 0 saturated heterocycles. The quantitative estimate of drug-likeness (QED) is 0.0504. The van der Waals surface area contributed by atoms with Crippen molar-refractivity contribution in [3.05, 3.63) is 120 Å². The summed E-state index contributed by atoms with van der Waals surface area (Å²) >= 11 is 1.92. The van der Waals surface area contributed by atoms with Crippen molar-refractivity contribution < 1.29 is 19.1 Å². The Balaban J connectivity index is 1.13. The largest absolute Gasteiger partial charge is 0.497 e. The molecule has 2 aromatic carbocycles. The minimum atomic E-state index is -0.955. The van der Waals surface area contributed by atoms with Gasteiger partial charge in [-0.05, 0) is 43.9 Å². The fourth-order valence-electron chi connectivity index (χ4n) is 5.49. The van der Waals surface area contributed by atoms with Gasteiger partial charge >= 0.3 is 0 Å². The molecule has 0 bridgehead atoms. The van der Waals surface area contributed by atoms with Crippen LogP contribution in [0.15, 0.2) is 91.4 Å². The van der Waals surface area contributed by atoms with E-state index in [1.165, 1.54) is 25.1 Å². The van der Waals surface area contributed by atoms with Gasteiger partial charge in [0.15, 0.2) is 0 Å². The molecule has 1 unspecified atom stereocenters. The summed E-state index contributed by atoms with van der Waals surface area (Å²) in [5.74, 6) is 1.24. The Bertz CT molecular complexity index is 1990. The molecule has 3 amide bonds. The Labute approximate surface area is 325 Å². The van der Waals surface area contributed by atoms with Crippen LogP contribution in [0.25, 0.3) is 22.5 Å². The Hall–Kier alpha value is -5.61. The molecule has 0 aliphatic carbocycles. The molecule has 55 heavy (non-hydrogen) atoms. The highest BCUT2D eigenvalue weighted by Crippen LogP contribution is 2.24. The van der Waals surface area contributed by atoms with Gasteiger partial charge in [-0.2, -0.15) is 11.8 Å². The Morgan fingerprint density at radius 1 is 0.909 bits per heavy atom. The summed E-state index contributed by atoms with van der Waals surface area (Å²) in [4.78, 5) is 58.0. The second-order valence-electron chi connectivity index (χ2n) is 12.9. The average molecular weight is 765 g/mol. The molecule has 3 aromatic heterocycles. The van der Waals surface area contributed by atoms with E-state index in [4.69, 9.17) is 15.5 Å². The maximum absolute atomic E-state index is 13.3. The summed E-state index contributed by atoms with van der Waals surface area (Å²) in [6.07, 6.45) is 3.23. The monoisotopic (exact) mass is 764 g/mol. The number of nitrogens with one attached hydrogen (secondary N) is 5. The molecule has 0 saturated carbocycles. The predicted molar refractivity (Wildman–Crippen MR) is 215 cm³/mol. The van der Waals surface area contributed by atoms with E-state index in [2.05, 4.69) is 79.5 Å². The lowest BCUT2D eigenvalue weighted by molar-refractivity contribution is -0.122. The third-order valence-electron chi connectivity index (χ3n) is 8.47. The average Bonchev–Trinajstić information content (AvgIpc) is 3.73. The number of benzene rings is 2. The third kappa shape index (κ3) is 12.5. The molecule has 7 N–H and O–H groups in total. The van der Waals surface area contributed by atoms with Crippen LogP contribution in [0, 0.1) is 0 Å². The van der Waals surface area contributed by atoms with E-state index in [1.807, 2.05) is 42.1 Å². The van der Waals surface area contributed by atoms with Crippen LogP contribution in [0.2, 0.25) is 0 Å². The first-order chi connectivity index (χ1) is 26.7. The Morgan fingerprint density at radius 2 is 1.62 bits per heavy atom. The van der Waals surface area contributed by atoms with Crippen molar-refractivity contribution >= 4 is 29.5 Å². The van der Waals surface area contributed by atoms with Crippen LogP contribution in [-0.4, -0.2) is 102 Å². The number of carbonyl (C=O) groups excluding carboxylic acids is 3. The zero-order valence-electron chi connectivity index (χ0n) is 31.3. The van der Waals surface area contributed by atoms with Crippen LogP contribution in [0.5, 0.6) is 5.75 Å². The number of imidazole rings is 1. The number of nitrogens with zero attached hydrogens (tertiary/aromatic N) is 4. The van der Waals surface area contributed by atoms with Crippen LogP contribution in [0.3, 0.4) is 0 Å². The van der Waals surface area contributed by atoms with Gasteiger partial charge < -0.3 is 36.3 Å². The van der Waals surface area contributed by atoms with Gasteiger partial charge in [-0.25, -0.2) is 15.0 Å². The SMILES string of the molecule is COc1cc(CNCN)nc(C(=O)NC(Cc2cnc[nH]2)C(=O)NCCNC(=O)c2ccc(-c3cccc(-c4ccc(CSCCN(C)C)cc4)n3)cc2)c1. The van der Waals surface area contributed by atoms with Crippen molar-refractivity contribution in [1.82, 2.24) is 46.1 Å². The van der Waals surface area contributed by atoms with Crippen molar-refractivity contribution in [3.8, 4) is 28.3 Å². The molecule has 0 fully saturated rings. The van der Waals surface area contributed by atoms with Crippen molar-refractivity contribution in [1.29, 1.82) is 0 Å². The predicted octanol–water partition coefficient (Wildman–Crippen LogP) is 3.23. The number of carbonyl (C=O) groups is 3. The summed E-state index contributed by atoms with van der Waals surface area (Å²) in [5.41, 5.74) is 12.2. The zero-order valence-corrected chi connectivity index (χ0v) is 32.1. The number of rotatable bonds is 20. The highest BCUT2D eigenvalue weighted by atomic mass is 32.2. The number of methoxy groups -OCH3 is 1. The lowest BCUT2D eigenvalue weighted by Gasteiger charge is -2.18. The fraction of sp³-hybridized carbons (Fsp3) is 0.300. The van der Waals surface area contributed by atoms with Crippen LogP contribution >= 0.6 is 11.8 Å². The zero-order chi connectivity index (χ0) is 39.0. The van der Waals surface area contributed by atoms with Crippen molar-refractivity contribution in [3.63, 3.8) is 0 Å². The van der Waals surface area contributed by atoms with Gasteiger partial charge in [-0.1, -0.05) is 42.5 Å². The molecule has 5 aromatic rings. The number of H-pyrrole nitrogens is 1. The highest BCUT2D eigenvalue weighted by molar-refractivity contribution is 7.98. The minimum absolute atomic E-state index is 0.0865. The van der Waals surface area contributed by atoms with E-state index in [1.54, 1.807) is 24.4 Å². The maximum Gasteiger partial charge on any atom is 0.270 e. The maximum atomic E-state index is 13.3. The van der Waals surface area contributed by atoms with Crippen LogP contribution in [0.4, 0.5) is 0 Å². The van der Waals surface area contributed by atoms with Crippen LogP contribution in [-0.2, 0) is 23.5 Å². The summed E-state index contributed by atoms with van der Waals surface area (Å²) in [7, 11) is 5.67. The molecule has 0 aliphatic rings. The number of hydrogen-bond donors (Lipinski definition) is 6. The first kappa shape index (κ1) is 40.6.